The van der Waals surface area contributed by atoms with Crippen molar-refractivity contribution in [2.45, 2.75) is 0 Å². The summed E-state index contributed by atoms with van der Waals surface area (Å²) < 4.78 is 23.0. The fraction of sp³-hybridized carbons (Fsp3) is 0.400. The molecule has 1 aliphatic rings. The van der Waals surface area contributed by atoms with Crippen LogP contribution in [0.3, 0.4) is 0 Å². The van der Waals surface area contributed by atoms with E-state index in [0.29, 0.717) is 23.5 Å². The molecule has 1 aromatic rings. The van der Waals surface area contributed by atoms with Crippen molar-refractivity contribution in [3.05, 3.63) is 35.5 Å². The van der Waals surface area contributed by atoms with Crippen molar-refractivity contribution in [2.75, 3.05) is 27.2 Å². The van der Waals surface area contributed by atoms with Crippen LogP contribution in [-0.4, -0.2) is 31.8 Å². The molecule has 0 saturated carbocycles. The van der Waals surface area contributed by atoms with Crippen molar-refractivity contribution in [3.63, 3.8) is 0 Å². The number of nitrogens with zero attached hydrogens (tertiary/aromatic N) is 2. The summed E-state index contributed by atoms with van der Waals surface area (Å²) in [4.78, 5) is 0. The number of quaternary nitrogens is 1. The van der Waals surface area contributed by atoms with Crippen molar-refractivity contribution in [1.29, 1.82) is 0 Å². The number of benzene rings is 1. The molecule has 1 aliphatic heterocycles. The van der Waals surface area contributed by atoms with Gasteiger partial charge in [-0.25, -0.2) is 0 Å². The van der Waals surface area contributed by atoms with E-state index in [1.165, 1.54) is 0 Å². The Labute approximate surface area is 95.1 Å². The van der Waals surface area contributed by atoms with Crippen LogP contribution in [0.1, 0.15) is 0 Å². The molecule has 1 unspecified atom stereocenters. The average Bonchev–Trinajstić information content (AvgIpc) is 2.16. The van der Waals surface area contributed by atoms with Gasteiger partial charge in [0.2, 0.25) is 0 Å². The molecule has 0 bridgehead atoms. The van der Waals surface area contributed by atoms with E-state index < -0.39 is 7.75 Å². The lowest BCUT2D eigenvalue weighted by molar-refractivity contribution is -0.850. The highest BCUT2D eigenvalue weighted by atomic mass is 31.2. The first kappa shape index (κ1) is 11.6. The Bertz CT molecular complexity index is 408. The zero-order valence-electron chi connectivity index (χ0n) is 9.37. The van der Waals surface area contributed by atoms with Gasteiger partial charge in [-0.05, 0) is 12.1 Å². The van der Waals surface area contributed by atoms with Crippen LogP contribution in [0.5, 0.6) is 5.75 Å². The summed E-state index contributed by atoms with van der Waals surface area (Å²) in [5, 5.41) is 4.09. The molecule has 1 fully saturated rings. The van der Waals surface area contributed by atoms with E-state index in [9.17, 15) is 4.57 Å². The summed E-state index contributed by atoms with van der Waals surface area (Å²) in [6, 6.07) is 8.94. The molecule has 0 N–H and O–H groups in total. The number of likely N-dealkylation sites (N-methyl/N-ethyl adjacent to an activating group) is 1. The zero-order valence-corrected chi connectivity index (χ0v) is 10.3. The Morgan fingerprint density at radius 3 is 2.69 bits per heavy atom. The predicted molar refractivity (Wildman–Crippen MR) is 61.0 cm³/mol. The molecule has 1 aromatic carbocycles. The molecular weight excluding hydrogens is 227 g/mol. The maximum Gasteiger partial charge on any atom is 0.335 e. The van der Waals surface area contributed by atoms with Gasteiger partial charge in [-0.1, -0.05) is 18.2 Å². The minimum Gasteiger partial charge on any atom is -0.435 e. The fourth-order valence-corrected chi connectivity index (χ4v) is 2.93. The van der Waals surface area contributed by atoms with Crippen LogP contribution in [-0.2, 0) is 9.09 Å². The van der Waals surface area contributed by atoms with Crippen LogP contribution in [0.2, 0.25) is 0 Å². The Morgan fingerprint density at radius 1 is 1.38 bits per heavy atom. The van der Waals surface area contributed by atoms with Crippen molar-refractivity contribution >= 4 is 7.75 Å². The number of rotatable bonds is 2. The topological polar surface area (TPSA) is 49.6 Å². The second-order valence-electron chi connectivity index (χ2n) is 4.14. The quantitative estimate of drug-likeness (QED) is 0.591. The molecule has 6 heteroatoms. The van der Waals surface area contributed by atoms with Crippen molar-refractivity contribution < 1.29 is 18.2 Å². The normalized spacial score (nSPS) is 28.6. The van der Waals surface area contributed by atoms with E-state index >= 15 is 0 Å². The van der Waals surface area contributed by atoms with Gasteiger partial charge in [-0.15, -0.1) is 0 Å². The molecule has 0 amide bonds. The Kier molecular flexibility index (Phi) is 3.04. The smallest absolute Gasteiger partial charge is 0.335 e. The summed E-state index contributed by atoms with van der Waals surface area (Å²) >= 11 is 0. The largest absolute Gasteiger partial charge is 0.435 e. The third-order valence-electron chi connectivity index (χ3n) is 2.21. The van der Waals surface area contributed by atoms with Crippen LogP contribution in [0.15, 0.2) is 30.3 Å². The first-order chi connectivity index (χ1) is 7.49. The molecule has 0 aliphatic carbocycles. The molecule has 1 heterocycles. The zero-order chi connectivity index (χ0) is 11.6. The van der Waals surface area contributed by atoms with Gasteiger partial charge in [0, 0.05) is 0 Å². The average molecular weight is 242 g/mol. The maximum absolute atomic E-state index is 12.2. The van der Waals surface area contributed by atoms with E-state index in [1.54, 1.807) is 12.1 Å². The van der Waals surface area contributed by atoms with Crippen LogP contribution in [0.25, 0.3) is 5.20 Å². The summed E-state index contributed by atoms with van der Waals surface area (Å²) in [5.74, 6) is 0.511. The lowest BCUT2D eigenvalue weighted by atomic mass is 10.3. The predicted octanol–water partition coefficient (Wildman–Crippen LogP) is 2.57. The van der Waals surface area contributed by atoms with Crippen molar-refractivity contribution in [3.8, 4) is 5.75 Å². The second kappa shape index (κ2) is 4.18. The highest BCUT2D eigenvalue weighted by Crippen LogP contribution is 2.58. The van der Waals surface area contributed by atoms with Crippen LogP contribution < -0.4 is 4.52 Å². The van der Waals surface area contributed by atoms with E-state index in [2.05, 4.69) is 5.20 Å². The monoisotopic (exact) mass is 242 g/mol. The van der Waals surface area contributed by atoms with Gasteiger partial charge in [-0.3, -0.25) is 4.57 Å². The molecule has 0 spiro atoms. The molecule has 1 atom stereocenters. The third-order valence-corrected chi connectivity index (χ3v) is 3.86. The second-order valence-corrected chi connectivity index (χ2v) is 5.70. The molecule has 0 radical (unpaired) electrons. The first-order valence-electron chi connectivity index (χ1n) is 5.06. The standard InChI is InChI=1S/C10H15N2O3P/c1-12(2)8-9-14-16(13,11-12)15-10-6-4-3-5-7-10/h3-7H,8-9H2,1-2H3. The Morgan fingerprint density at radius 2 is 2.06 bits per heavy atom. The molecular formula is C10H15N2O3P. The molecule has 5 nitrogen and oxygen atoms in total. The lowest BCUT2D eigenvalue weighted by Crippen LogP contribution is -2.41. The summed E-state index contributed by atoms with van der Waals surface area (Å²) in [7, 11) is 0.370. The molecule has 0 aromatic heterocycles. The molecule has 1 saturated heterocycles. The number of para-hydroxylation sites is 1. The van der Waals surface area contributed by atoms with Crippen molar-refractivity contribution in [2.24, 2.45) is 0 Å². The van der Waals surface area contributed by atoms with Gasteiger partial charge in [0.25, 0.3) is 0 Å². The first-order valence-corrected chi connectivity index (χ1v) is 6.56. The number of hydrogen-bond acceptors (Lipinski definition) is 3. The van der Waals surface area contributed by atoms with Gasteiger partial charge in [-0.2, -0.15) is 0 Å². The SMILES string of the molecule is C[N+]1(C)CCOP(=O)(Oc2ccccc2)[N-]1. The maximum atomic E-state index is 12.2. The molecule has 16 heavy (non-hydrogen) atoms. The summed E-state index contributed by atoms with van der Waals surface area (Å²) in [5.41, 5.74) is 0. The summed E-state index contributed by atoms with van der Waals surface area (Å²) in [6.45, 7) is 1.09. The fourth-order valence-electron chi connectivity index (χ4n) is 1.41. The number of hydrogen-bond donors (Lipinski definition) is 0. The van der Waals surface area contributed by atoms with Crippen LogP contribution in [0.4, 0.5) is 0 Å². The van der Waals surface area contributed by atoms with E-state index in [1.807, 2.05) is 32.3 Å². The third kappa shape index (κ3) is 2.83. The molecule has 2 rings (SSSR count). The summed E-state index contributed by atoms with van der Waals surface area (Å²) in [6.07, 6.45) is 0. The van der Waals surface area contributed by atoms with E-state index in [4.69, 9.17) is 9.05 Å². The van der Waals surface area contributed by atoms with Gasteiger partial charge in [0.05, 0.1) is 20.6 Å². The minimum absolute atomic E-state index is 0.296. The van der Waals surface area contributed by atoms with Gasteiger partial charge < -0.3 is 18.8 Å². The lowest BCUT2D eigenvalue weighted by Gasteiger charge is -2.48. The van der Waals surface area contributed by atoms with Gasteiger partial charge in [0.15, 0.2) is 0 Å². The van der Waals surface area contributed by atoms with E-state index in [-0.39, 0.29) is 0 Å². The van der Waals surface area contributed by atoms with E-state index in [0.717, 1.165) is 0 Å². The highest BCUT2D eigenvalue weighted by molar-refractivity contribution is 7.56. The molecule has 88 valence electrons. The van der Waals surface area contributed by atoms with Gasteiger partial charge in [0.1, 0.15) is 12.4 Å². The Hall–Kier alpha value is -0.870. The van der Waals surface area contributed by atoms with Gasteiger partial charge >= 0.3 is 7.75 Å². The van der Waals surface area contributed by atoms with Crippen LogP contribution in [0, 0.1) is 0 Å². The van der Waals surface area contributed by atoms with Crippen molar-refractivity contribution in [1.82, 2.24) is 0 Å². The van der Waals surface area contributed by atoms with Crippen LogP contribution >= 0.6 is 7.75 Å². The minimum atomic E-state index is -3.36. The Balaban J connectivity index is 2.12. The highest BCUT2D eigenvalue weighted by Gasteiger charge is 2.28.